The van der Waals surface area contributed by atoms with E-state index in [1.54, 1.807) is 18.6 Å². The van der Waals surface area contributed by atoms with Gasteiger partial charge in [0.2, 0.25) is 0 Å². The molecule has 3 N–H and O–H groups in total. The Bertz CT molecular complexity index is 1170. The van der Waals surface area contributed by atoms with Crippen molar-refractivity contribution >= 4 is 35.0 Å². The van der Waals surface area contributed by atoms with Gasteiger partial charge >= 0.3 is 0 Å². The zero-order chi connectivity index (χ0) is 22.7. The highest BCUT2D eigenvalue weighted by Gasteiger charge is 2.18. The number of fused-ring (bicyclic) bond motifs is 1. The maximum atomic E-state index is 14.2. The van der Waals surface area contributed by atoms with Gasteiger partial charge in [-0.05, 0) is 19.2 Å². The number of methoxy groups -OCH3 is 1. The number of likely N-dealkylation sites (N-methyl/N-ethyl adjacent to an activating group) is 1. The van der Waals surface area contributed by atoms with Crippen molar-refractivity contribution in [1.82, 2.24) is 19.2 Å². The van der Waals surface area contributed by atoms with Gasteiger partial charge in [-0.3, -0.25) is 0 Å². The number of hydrogen-bond donors (Lipinski definition) is 2. The summed E-state index contributed by atoms with van der Waals surface area (Å²) in [6.07, 6.45) is 6.49. The molecule has 168 valence electrons. The number of piperazine rings is 1. The number of hydrogen-bond acceptors (Lipinski definition) is 7. The third-order valence-electron chi connectivity index (χ3n) is 5.36. The predicted octanol–water partition coefficient (Wildman–Crippen LogP) is 3.70. The molecule has 4 rings (SSSR count). The smallest absolute Gasteiger partial charge is 0.168 e. The minimum absolute atomic E-state index is 0.0302. The van der Waals surface area contributed by atoms with Crippen LogP contribution in [0.25, 0.3) is 27.7 Å². The first kappa shape index (κ1) is 22.3. The minimum atomic E-state index is -0.767. The second-order valence-corrected chi connectivity index (χ2v) is 8.35. The number of nitrogens with two attached hydrogens (primary N) is 1. The van der Waals surface area contributed by atoms with Crippen molar-refractivity contribution in [3.8, 4) is 16.9 Å². The summed E-state index contributed by atoms with van der Waals surface area (Å²) in [4.78, 5) is 9.76. The molecule has 10 heteroatoms. The van der Waals surface area contributed by atoms with E-state index < -0.39 is 11.6 Å². The highest BCUT2D eigenvalue weighted by molar-refractivity contribution is 7.95. The summed E-state index contributed by atoms with van der Waals surface area (Å²) in [5.74, 6) is -1.48. The molecule has 0 aliphatic carbocycles. The predicted molar refractivity (Wildman–Crippen MR) is 125 cm³/mol. The van der Waals surface area contributed by atoms with Crippen molar-refractivity contribution in [1.29, 1.82) is 0 Å². The van der Waals surface area contributed by atoms with Gasteiger partial charge < -0.3 is 20.4 Å². The summed E-state index contributed by atoms with van der Waals surface area (Å²) in [6, 6.07) is 3.90. The Labute approximate surface area is 189 Å². The standard InChI is InChI=1S/C22H24F2N6OS/c1-29-3-5-30(6-4-29)32-28-12-15(10-25)14-7-18-19(13-27-22(18)26-11-14)17-8-16(23)9-20(24)21(17)31-2/h7-13H,3-6,25H2,1-2H3,(H,26,27). The number of aromatic nitrogens is 2. The normalized spacial score (nSPS) is 16.3. The molecule has 1 aliphatic heterocycles. The van der Waals surface area contributed by atoms with Crippen LogP contribution in [0.5, 0.6) is 5.75 Å². The molecule has 0 unspecified atom stereocenters. The van der Waals surface area contributed by atoms with E-state index >= 15 is 0 Å². The van der Waals surface area contributed by atoms with Gasteiger partial charge in [-0.1, -0.05) is 0 Å². The number of allylic oxidation sites excluding steroid dienone is 1. The van der Waals surface area contributed by atoms with Crippen LogP contribution in [0, 0.1) is 11.6 Å². The number of nitrogens with zero attached hydrogens (tertiary/aromatic N) is 4. The summed E-state index contributed by atoms with van der Waals surface area (Å²) in [5.41, 5.74) is 8.73. The van der Waals surface area contributed by atoms with Crippen LogP contribution in [0.3, 0.4) is 0 Å². The van der Waals surface area contributed by atoms with E-state index in [0.29, 0.717) is 27.7 Å². The molecule has 0 amide bonds. The third kappa shape index (κ3) is 4.62. The summed E-state index contributed by atoms with van der Waals surface area (Å²) in [6.45, 7) is 3.88. The Morgan fingerprint density at radius 1 is 1.22 bits per heavy atom. The molecule has 0 atom stereocenters. The maximum Gasteiger partial charge on any atom is 0.168 e. The molecule has 1 fully saturated rings. The SMILES string of the molecule is COc1c(F)cc(F)cc1-c1c[nH]c2ncc(C(C=NSN3CCN(C)CC3)=CN)cc12. The fraction of sp³-hybridized carbons (Fsp3) is 0.273. The zero-order valence-corrected chi connectivity index (χ0v) is 18.6. The fourth-order valence-corrected chi connectivity index (χ4v) is 4.20. The van der Waals surface area contributed by atoms with Crippen molar-refractivity contribution < 1.29 is 13.5 Å². The van der Waals surface area contributed by atoms with Crippen molar-refractivity contribution in [2.75, 3.05) is 40.3 Å². The largest absolute Gasteiger partial charge is 0.493 e. The average molecular weight is 459 g/mol. The van der Waals surface area contributed by atoms with Crippen molar-refractivity contribution in [3.63, 3.8) is 0 Å². The Kier molecular flexibility index (Phi) is 6.73. The van der Waals surface area contributed by atoms with Crippen LogP contribution < -0.4 is 10.5 Å². The van der Waals surface area contributed by atoms with E-state index in [1.165, 1.54) is 31.5 Å². The Morgan fingerprint density at radius 3 is 2.72 bits per heavy atom. The molecule has 1 aromatic carbocycles. The highest BCUT2D eigenvalue weighted by Crippen LogP contribution is 2.37. The monoisotopic (exact) mass is 458 g/mol. The molecule has 2 aromatic heterocycles. The van der Waals surface area contributed by atoms with Gasteiger partial charge in [-0.25, -0.2) is 22.5 Å². The molecule has 0 saturated carbocycles. The van der Waals surface area contributed by atoms with Gasteiger partial charge in [0, 0.05) is 84.7 Å². The third-order valence-corrected chi connectivity index (χ3v) is 6.16. The number of nitrogens with one attached hydrogen (secondary N) is 1. The minimum Gasteiger partial charge on any atom is -0.493 e. The van der Waals surface area contributed by atoms with Crippen LogP contribution in [-0.2, 0) is 0 Å². The van der Waals surface area contributed by atoms with Gasteiger partial charge in [0.05, 0.1) is 19.2 Å². The van der Waals surface area contributed by atoms with Crippen LogP contribution in [0.2, 0.25) is 0 Å². The van der Waals surface area contributed by atoms with Crippen LogP contribution in [0.15, 0.2) is 41.2 Å². The van der Waals surface area contributed by atoms with E-state index in [4.69, 9.17) is 10.5 Å². The first-order valence-electron chi connectivity index (χ1n) is 10.1. The Hall–Kier alpha value is -2.95. The van der Waals surface area contributed by atoms with Gasteiger partial charge in [-0.2, -0.15) is 0 Å². The van der Waals surface area contributed by atoms with Crippen LogP contribution in [-0.4, -0.2) is 65.7 Å². The first-order chi connectivity index (χ1) is 15.5. The zero-order valence-electron chi connectivity index (χ0n) is 17.8. The maximum absolute atomic E-state index is 14.2. The molecule has 1 saturated heterocycles. The molecule has 0 spiro atoms. The van der Waals surface area contributed by atoms with Crippen molar-refractivity contribution in [2.45, 2.75) is 0 Å². The summed E-state index contributed by atoms with van der Waals surface area (Å²) >= 11 is 1.40. The summed E-state index contributed by atoms with van der Waals surface area (Å²) < 4.78 is 40.0. The van der Waals surface area contributed by atoms with Crippen molar-refractivity contribution in [3.05, 3.63) is 54.0 Å². The average Bonchev–Trinajstić information content (AvgIpc) is 3.20. The number of H-pyrrole nitrogens is 1. The van der Waals surface area contributed by atoms with E-state index in [1.807, 2.05) is 6.07 Å². The topological polar surface area (TPSA) is 82.8 Å². The number of halogens is 2. The van der Waals surface area contributed by atoms with Gasteiger partial charge in [0.15, 0.2) is 11.6 Å². The van der Waals surface area contributed by atoms with Gasteiger partial charge in [0.1, 0.15) is 11.5 Å². The molecule has 32 heavy (non-hydrogen) atoms. The molecule has 0 bridgehead atoms. The Morgan fingerprint density at radius 2 is 2.00 bits per heavy atom. The number of ether oxygens (including phenoxy) is 1. The molecule has 1 aliphatic rings. The lowest BCUT2D eigenvalue weighted by atomic mass is 10.0. The van der Waals surface area contributed by atoms with E-state index in [0.717, 1.165) is 37.8 Å². The second kappa shape index (κ2) is 9.68. The number of pyridine rings is 1. The lowest BCUT2D eigenvalue weighted by Gasteiger charge is -2.29. The first-order valence-corrected chi connectivity index (χ1v) is 10.8. The van der Waals surface area contributed by atoms with E-state index in [-0.39, 0.29) is 5.75 Å². The quantitative estimate of drug-likeness (QED) is 0.433. The summed E-state index contributed by atoms with van der Waals surface area (Å²) in [7, 11) is 3.45. The highest BCUT2D eigenvalue weighted by atomic mass is 32.2. The molecule has 3 aromatic rings. The van der Waals surface area contributed by atoms with Gasteiger partial charge in [0.25, 0.3) is 0 Å². The molecule has 7 nitrogen and oxygen atoms in total. The second-order valence-electron chi connectivity index (χ2n) is 7.46. The lowest BCUT2D eigenvalue weighted by Crippen LogP contribution is -2.40. The lowest BCUT2D eigenvalue weighted by molar-refractivity contribution is 0.233. The van der Waals surface area contributed by atoms with Crippen molar-refractivity contribution in [2.24, 2.45) is 10.1 Å². The molecular formula is C22H24F2N6OS. The number of benzene rings is 1. The number of aromatic amines is 1. The molecule has 3 heterocycles. The number of rotatable bonds is 6. The van der Waals surface area contributed by atoms with E-state index in [9.17, 15) is 8.78 Å². The summed E-state index contributed by atoms with van der Waals surface area (Å²) in [5, 5.41) is 0.685. The molecule has 0 radical (unpaired) electrons. The van der Waals surface area contributed by atoms with Crippen LogP contribution in [0.1, 0.15) is 5.56 Å². The fourth-order valence-electron chi connectivity index (χ4n) is 3.58. The van der Waals surface area contributed by atoms with Crippen LogP contribution in [0.4, 0.5) is 8.78 Å². The van der Waals surface area contributed by atoms with E-state index in [2.05, 4.69) is 30.6 Å². The van der Waals surface area contributed by atoms with Crippen LogP contribution >= 0.6 is 12.1 Å². The van der Waals surface area contributed by atoms with Gasteiger partial charge in [-0.15, -0.1) is 0 Å². The molecular weight excluding hydrogens is 434 g/mol. The Balaban J connectivity index is 1.63.